The summed E-state index contributed by atoms with van der Waals surface area (Å²) < 4.78 is 15.0. The Bertz CT molecular complexity index is 128. The third-order valence-corrected chi connectivity index (χ3v) is 3.40. The van der Waals surface area contributed by atoms with Gasteiger partial charge in [-0.25, -0.2) is 0 Å². The zero-order valence-electron chi connectivity index (χ0n) is 6.51. The molecule has 0 aromatic rings. The van der Waals surface area contributed by atoms with E-state index < -0.39 is 8.80 Å². The normalized spacial score (nSPS) is 10.7. The Kier molecular flexibility index (Phi) is 4.27. The Hall–Kier alpha value is -0.383. The van der Waals surface area contributed by atoms with Gasteiger partial charge in [0.15, 0.2) is 0 Å². The third-order valence-electron chi connectivity index (χ3n) is 1.13. The lowest BCUT2D eigenvalue weighted by molar-refractivity contribution is 0.138. The molecule has 0 atom stereocenters. The van der Waals surface area contributed by atoms with E-state index in [1.807, 2.05) is 0 Å². The Morgan fingerprint density at radius 3 is 1.70 bits per heavy atom. The Morgan fingerprint density at radius 2 is 1.60 bits per heavy atom. The highest BCUT2D eigenvalue weighted by Gasteiger charge is 2.34. The molecule has 0 unspecified atom stereocenters. The molecule has 0 bridgehead atoms. The van der Waals surface area contributed by atoms with Gasteiger partial charge < -0.3 is 13.3 Å². The highest BCUT2D eigenvalue weighted by atomic mass is 28.4. The molecule has 0 N–H and O–H groups in total. The van der Waals surface area contributed by atoms with Gasteiger partial charge in [0.05, 0.1) is 0 Å². The largest absolute Gasteiger partial charge is 0.536 e. The van der Waals surface area contributed by atoms with Crippen LogP contribution in [0.3, 0.4) is 0 Å². The topological polar surface area (TPSA) is 27.7 Å². The standard InChI is InChI=1S/C6H12O3Si/c1-5-6-10(7-2,8-3)9-4/h6H,1H2,2-4H3. The van der Waals surface area contributed by atoms with Crippen molar-refractivity contribution in [1.82, 2.24) is 0 Å². The van der Waals surface area contributed by atoms with Crippen LogP contribution in [0.5, 0.6) is 0 Å². The van der Waals surface area contributed by atoms with E-state index in [-0.39, 0.29) is 0 Å². The van der Waals surface area contributed by atoms with Crippen LogP contribution >= 0.6 is 0 Å². The van der Waals surface area contributed by atoms with Gasteiger partial charge in [-0.3, -0.25) is 0 Å². The van der Waals surface area contributed by atoms with Gasteiger partial charge in [0.25, 0.3) is 0 Å². The molecule has 0 saturated carbocycles. The predicted molar refractivity (Wildman–Crippen MR) is 40.5 cm³/mol. The lowest BCUT2D eigenvalue weighted by atomic mass is 11.0. The second-order valence-corrected chi connectivity index (χ2v) is 4.28. The zero-order valence-corrected chi connectivity index (χ0v) is 7.51. The van der Waals surface area contributed by atoms with Crippen molar-refractivity contribution in [3.8, 4) is 0 Å². The van der Waals surface area contributed by atoms with Gasteiger partial charge in [0.2, 0.25) is 0 Å². The van der Waals surface area contributed by atoms with Crippen molar-refractivity contribution in [3.05, 3.63) is 18.0 Å². The Morgan fingerprint density at radius 1 is 1.20 bits per heavy atom. The molecule has 0 aromatic heterocycles. The van der Waals surface area contributed by atoms with Crippen molar-refractivity contribution in [2.75, 3.05) is 21.3 Å². The first-order valence-electron chi connectivity index (χ1n) is 2.77. The minimum Gasteiger partial charge on any atom is -0.373 e. The van der Waals surface area contributed by atoms with Crippen molar-refractivity contribution in [2.24, 2.45) is 0 Å². The molecule has 0 aliphatic carbocycles. The number of rotatable bonds is 4. The summed E-state index contributed by atoms with van der Waals surface area (Å²) in [5, 5.41) is 0. The predicted octanol–water partition coefficient (Wildman–Crippen LogP) is 0.745. The monoisotopic (exact) mass is 160 g/mol. The molecule has 0 spiro atoms. The van der Waals surface area contributed by atoms with Gasteiger partial charge >= 0.3 is 8.80 Å². The van der Waals surface area contributed by atoms with Gasteiger partial charge in [-0.15, -0.1) is 5.73 Å². The molecule has 0 heterocycles. The fourth-order valence-corrected chi connectivity index (χ4v) is 1.66. The molecule has 0 aliphatic heterocycles. The summed E-state index contributed by atoms with van der Waals surface area (Å²) in [6, 6.07) is 0. The second-order valence-electron chi connectivity index (χ2n) is 1.56. The van der Waals surface area contributed by atoms with Crippen molar-refractivity contribution in [1.29, 1.82) is 0 Å². The zero-order chi connectivity index (χ0) is 8.04. The van der Waals surface area contributed by atoms with Crippen LogP contribution in [-0.2, 0) is 13.3 Å². The Labute approximate surface area is 62.3 Å². The SMILES string of the molecule is C=C=C[Si](OC)(OC)OC. The van der Waals surface area contributed by atoms with Crippen LogP contribution in [0.25, 0.3) is 0 Å². The lowest BCUT2D eigenvalue weighted by Crippen LogP contribution is -2.40. The van der Waals surface area contributed by atoms with E-state index in [2.05, 4.69) is 12.3 Å². The molecule has 4 heteroatoms. The van der Waals surface area contributed by atoms with Gasteiger partial charge in [-0.1, -0.05) is 6.58 Å². The minimum atomic E-state index is -2.52. The summed E-state index contributed by atoms with van der Waals surface area (Å²) in [6.45, 7) is 3.40. The molecule has 0 radical (unpaired) electrons. The molecule has 0 amide bonds. The van der Waals surface area contributed by atoms with Crippen molar-refractivity contribution >= 4 is 8.80 Å². The van der Waals surface area contributed by atoms with Crippen LogP contribution in [0.15, 0.2) is 18.0 Å². The maximum absolute atomic E-state index is 5.01. The molecular weight excluding hydrogens is 148 g/mol. The maximum atomic E-state index is 5.01. The van der Waals surface area contributed by atoms with Gasteiger partial charge in [-0.05, 0) is 0 Å². The van der Waals surface area contributed by atoms with E-state index in [4.69, 9.17) is 13.3 Å². The number of hydrogen-bond donors (Lipinski definition) is 0. The first kappa shape index (κ1) is 9.62. The average Bonchev–Trinajstić information content (AvgIpc) is 2.01. The fourth-order valence-electron chi connectivity index (χ4n) is 0.552. The molecule has 58 valence electrons. The summed E-state index contributed by atoms with van der Waals surface area (Å²) in [6.07, 6.45) is 0. The molecular formula is C6H12O3Si. The molecule has 10 heavy (non-hydrogen) atoms. The summed E-state index contributed by atoms with van der Waals surface area (Å²) in [5.41, 5.74) is 4.16. The summed E-state index contributed by atoms with van der Waals surface area (Å²) in [4.78, 5) is 0. The molecule has 3 nitrogen and oxygen atoms in total. The lowest BCUT2D eigenvalue weighted by Gasteiger charge is -2.18. The van der Waals surface area contributed by atoms with Gasteiger partial charge in [-0.2, -0.15) is 0 Å². The quantitative estimate of drug-likeness (QED) is 0.448. The van der Waals surface area contributed by atoms with E-state index in [0.29, 0.717) is 0 Å². The number of hydrogen-bond acceptors (Lipinski definition) is 3. The van der Waals surface area contributed by atoms with Crippen LogP contribution in [0, 0.1) is 0 Å². The maximum Gasteiger partial charge on any atom is 0.536 e. The molecule has 0 aromatic carbocycles. The Balaban J connectivity index is 4.29. The molecule has 0 aliphatic rings. The van der Waals surface area contributed by atoms with Crippen LogP contribution < -0.4 is 0 Å². The summed E-state index contributed by atoms with van der Waals surface area (Å²) >= 11 is 0. The first-order valence-corrected chi connectivity index (χ1v) is 4.57. The van der Waals surface area contributed by atoms with E-state index in [1.54, 1.807) is 5.70 Å². The van der Waals surface area contributed by atoms with Crippen LogP contribution in [0.4, 0.5) is 0 Å². The average molecular weight is 160 g/mol. The van der Waals surface area contributed by atoms with Gasteiger partial charge in [0.1, 0.15) is 0 Å². The van der Waals surface area contributed by atoms with Crippen molar-refractivity contribution in [2.45, 2.75) is 0 Å². The molecule has 0 rings (SSSR count). The van der Waals surface area contributed by atoms with E-state index in [1.165, 1.54) is 21.3 Å². The third kappa shape index (κ3) is 2.09. The van der Waals surface area contributed by atoms with Gasteiger partial charge in [0, 0.05) is 27.0 Å². The molecule has 0 saturated heterocycles. The first-order chi connectivity index (χ1) is 4.74. The van der Waals surface area contributed by atoms with Crippen molar-refractivity contribution < 1.29 is 13.3 Å². The highest BCUT2D eigenvalue weighted by Crippen LogP contribution is 2.05. The molecule has 0 fully saturated rings. The van der Waals surface area contributed by atoms with Crippen molar-refractivity contribution in [3.63, 3.8) is 0 Å². The van der Waals surface area contributed by atoms with E-state index in [9.17, 15) is 0 Å². The van der Waals surface area contributed by atoms with Crippen LogP contribution in [0.2, 0.25) is 0 Å². The minimum absolute atomic E-state index is 1.53. The highest BCUT2D eigenvalue weighted by molar-refractivity contribution is 6.66. The van der Waals surface area contributed by atoms with E-state index in [0.717, 1.165) is 0 Å². The summed E-state index contributed by atoms with van der Waals surface area (Å²) in [7, 11) is 2.09. The second kappa shape index (κ2) is 4.44. The van der Waals surface area contributed by atoms with E-state index >= 15 is 0 Å². The smallest absolute Gasteiger partial charge is 0.373 e. The summed E-state index contributed by atoms with van der Waals surface area (Å²) in [5.74, 6) is 0. The van der Waals surface area contributed by atoms with Crippen LogP contribution in [0.1, 0.15) is 0 Å². The van der Waals surface area contributed by atoms with Crippen LogP contribution in [-0.4, -0.2) is 30.1 Å². The fraction of sp³-hybridized carbons (Fsp3) is 0.500.